The number of aryl methyl sites for hydroxylation is 1. The maximum atomic E-state index is 5.51. The maximum Gasteiger partial charge on any atom is 0.158 e. The second-order valence-corrected chi connectivity index (χ2v) is 8.33. The zero-order chi connectivity index (χ0) is 20.8. The average Bonchev–Trinajstić information content (AvgIpc) is 3.41. The van der Waals surface area contributed by atoms with E-state index in [9.17, 15) is 0 Å². The van der Waals surface area contributed by atoms with Gasteiger partial charge >= 0.3 is 0 Å². The monoisotopic (exact) mass is 470 g/mol. The fourth-order valence-corrected chi connectivity index (χ4v) is 4.27. The molecule has 0 saturated heterocycles. The summed E-state index contributed by atoms with van der Waals surface area (Å²) >= 11 is 3.56. The first-order chi connectivity index (χ1) is 14.6. The molecular weight excluding hydrogens is 448 g/mol. The molecule has 3 aromatic heterocycles. The molecule has 8 nitrogen and oxygen atoms in total. The number of rotatable bonds is 7. The third-order valence-corrected chi connectivity index (χ3v) is 6.00. The summed E-state index contributed by atoms with van der Waals surface area (Å²) in [6, 6.07) is 6.13. The van der Waals surface area contributed by atoms with Crippen LogP contribution in [0.5, 0.6) is 5.75 Å². The molecule has 2 N–H and O–H groups in total. The quantitative estimate of drug-likeness (QED) is 0.400. The zero-order valence-corrected chi connectivity index (χ0v) is 18.7. The molecule has 5 rings (SSSR count). The lowest BCUT2D eigenvalue weighted by molar-refractivity contribution is 0.178. The molecule has 0 aliphatic heterocycles. The summed E-state index contributed by atoms with van der Waals surface area (Å²) in [6.45, 7) is 3.20. The highest BCUT2D eigenvalue weighted by Gasteiger charge is 2.27. The summed E-state index contributed by atoms with van der Waals surface area (Å²) in [5.41, 5.74) is 2.85. The molecule has 0 spiro atoms. The smallest absolute Gasteiger partial charge is 0.158 e. The molecule has 1 aliphatic carbocycles. The van der Waals surface area contributed by atoms with E-state index in [1.54, 1.807) is 14.2 Å². The van der Waals surface area contributed by atoms with Crippen LogP contribution < -0.4 is 10.1 Å². The number of nitrogens with one attached hydrogen (secondary N) is 2. The van der Waals surface area contributed by atoms with Crippen molar-refractivity contribution in [1.29, 1.82) is 0 Å². The Morgan fingerprint density at radius 2 is 2.07 bits per heavy atom. The van der Waals surface area contributed by atoms with E-state index < -0.39 is 0 Å². The van der Waals surface area contributed by atoms with Crippen LogP contribution in [0.3, 0.4) is 0 Å². The van der Waals surface area contributed by atoms with Gasteiger partial charge in [-0.25, -0.2) is 14.6 Å². The molecule has 4 aromatic rings. The van der Waals surface area contributed by atoms with Crippen molar-refractivity contribution in [2.75, 3.05) is 19.5 Å². The number of fused-ring (bicyclic) bond motifs is 3. The largest absolute Gasteiger partial charge is 0.496 e. The SMILES string of the molecule is CCn1nc(C2CC2)cc1Nc1nc(COC)nc2[nH]c3cc(Br)c(OC)cc3c12. The van der Waals surface area contributed by atoms with Gasteiger partial charge in [0.15, 0.2) is 5.82 Å². The van der Waals surface area contributed by atoms with Gasteiger partial charge in [-0.15, -0.1) is 0 Å². The summed E-state index contributed by atoms with van der Waals surface area (Å²) in [7, 11) is 3.30. The molecular formula is C21H23BrN6O2. The van der Waals surface area contributed by atoms with E-state index in [2.05, 4.69) is 44.2 Å². The van der Waals surface area contributed by atoms with Crippen LogP contribution >= 0.6 is 15.9 Å². The molecule has 1 aromatic carbocycles. The van der Waals surface area contributed by atoms with Crippen molar-refractivity contribution in [1.82, 2.24) is 24.7 Å². The Morgan fingerprint density at radius 1 is 1.23 bits per heavy atom. The highest BCUT2D eigenvalue weighted by atomic mass is 79.9. The van der Waals surface area contributed by atoms with Crippen molar-refractivity contribution in [3.8, 4) is 5.75 Å². The average molecular weight is 471 g/mol. The van der Waals surface area contributed by atoms with Crippen LogP contribution in [0.4, 0.5) is 11.6 Å². The normalized spacial score (nSPS) is 14.0. The molecule has 30 heavy (non-hydrogen) atoms. The van der Waals surface area contributed by atoms with Gasteiger partial charge in [0.2, 0.25) is 0 Å². The standard InChI is InChI=1S/C21H23BrN6O2/c1-4-28-18(9-14(27-28)11-5-6-11)26-21-19-12-7-16(30-3)13(22)8-15(12)23-20(19)24-17(25-21)10-29-2/h7-9,11H,4-6,10H2,1-3H3,(H2,23,24,25,26). The number of benzene rings is 1. The Kier molecular flexibility index (Phi) is 4.86. The van der Waals surface area contributed by atoms with Gasteiger partial charge in [-0.05, 0) is 47.8 Å². The molecule has 0 atom stereocenters. The zero-order valence-electron chi connectivity index (χ0n) is 17.1. The molecule has 1 saturated carbocycles. The third kappa shape index (κ3) is 3.31. The number of aromatic nitrogens is 5. The minimum Gasteiger partial charge on any atom is -0.496 e. The van der Waals surface area contributed by atoms with Gasteiger partial charge in [0, 0.05) is 36.5 Å². The molecule has 156 valence electrons. The fraction of sp³-hybridized carbons (Fsp3) is 0.381. The van der Waals surface area contributed by atoms with Gasteiger partial charge in [-0.1, -0.05) is 0 Å². The van der Waals surface area contributed by atoms with Crippen molar-refractivity contribution in [2.24, 2.45) is 0 Å². The molecule has 9 heteroatoms. The number of methoxy groups -OCH3 is 2. The summed E-state index contributed by atoms with van der Waals surface area (Å²) in [5.74, 6) is 3.60. The lowest BCUT2D eigenvalue weighted by Crippen LogP contribution is -2.06. The molecule has 0 amide bonds. The van der Waals surface area contributed by atoms with Gasteiger partial charge in [0.25, 0.3) is 0 Å². The van der Waals surface area contributed by atoms with Gasteiger partial charge in [0.1, 0.15) is 29.6 Å². The number of H-pyrrole nitrogens is 1. The number of hydrogen-bond donors (Lipinski definition) is 2. The first-order valence-electron chi connectivity index (χ1n) is 10.0. The fourth-order valence-electron chi connectivity index (χ4n) is 3.76. The second-order valence-electron chi connectivity index (χ2n) is 7.47. The first-order valence-corrected chi connectivity index (χ1v) is 10.8. The Balaban J connectivity index is 1.69. The van der Waals surface area contributed by atoms with Crippen molar-refractivity contribution in [3.63, 3.8) is 0 Å². The summed E-state index contributed by atoms with van der Waals surface area (Å²) in [5, 5.41) is 10.2. The molecule has 0 unspecified atom stereocenters. The number of hydrogen-bond acceptors (Lipinski definition) is 6. The number of anilines is 2. The van der Waals surface area contributed by atoms with Crippen LogP contribution in [0.1, 0.15) is 37.2 Å². The lowest BCUT2D eigenvalue weighted by Gasteiger charge is -2.10. The Labute approximate surface area is 182 Å². The summed E-state index contributed by atoms with van der Waals surface area (Å²) < 4.78 is 13.7. The van der Waals surface area contributed by atoms with Crippen LogP contribution in [-0.4, -0.2) is 39.0 Å². The van der Waals surface area contributed by atoms with E-state index in [-0.39, 0.29) is 0 Å². The van der Waals surface area contributed by atoms with E-state index >= 15 is 0 Å². The van der Waals surface area contributed by atoms with Crippen molar-refractivity contribution < 1.29 is 9.47 Å². The Hall–Kier alpha value is -2.65. The molecule has 1 aliphatic rings. The highest BCUT2D eigenvalue weighted by Crippen LogP contribution is 2.41. The van der Waals surface area contributed by atoms with Crippen molar-refractivity contribution in [3.05, 3.63) is 34.2 Å². The van der Waals surface area contributed by atoms with Gasteiger partial charge in [0.05, 0.1) is 22.7 Å². The third-order valence-electron chi connectivity index (χ3n) is 5.38. The van der Waals surface area contributed by atoms with Crippen LogP contribution in [-0.2, 0) is 17.9 Å². The van der Waals surface area contributed by atoms with E-state index in [1.165, 1.54) is 12.8 Å². The van der Waals surface area contributed by atoms with Gasteiger partial charge in [-0.3, -0.25) is 0 Å². The minimum absolute atomic E-state index is 0.327. The molecule has 1 fully saturated rings. The summed E-state index contributed by atoms with van der Waals surface area (Å²) in [6.07, 6.45) is 2.43. The van der Waals surface area contributed by atoms with E-state index in [4.69, 9.17) is 19.6 Å². The number of aromatic amines is 1. The van der Waals surface area contributed by atoms with Crippen molar-refractivity contribution in [2.45, 2.75) is 38.8 Å². The minimum atomic E-state index is 0.327. The molecule has 3 heterocycles. The molecule has 0 radical (unpaired) electrons. The van der Waals surface area contributed by atoms with Gasteiger partial charge < -0.3 is 19.8 Å². The topological polar surface area (TPSA) is 89.9 Å². The predicted octanol–water partition coefficient (Wildman–Crippen LogP) is 4.87. The first kappa shape index (κ1) is 19.3. The lowest BCUT2D eigenvalue weighted by atomic mass is 10.2. The number of ether oxygens (including phenoxy) is 2. The Bertz CT molecular complexity index is 1240. The molecule has 0 bridgehead atoms. The summed E-state index contributed by atoms with van der Waals surface area (Å²) in [4.78, 5) is 12.8. The van der Waals surface area contributed by atoms with Gasteiger partial charge in [-0.2, -0.15) is 5.10 Å². The highest BCUT2D eigenvalue weighted by molar-refractivity contribution is 9.10. The maximum absolute atomic E-state index is 5.51. The number of halogens is 1. The number of nitrogens with zero attached hydrogens (tertiary/aromatic N) is 4. The van der Waals surface area contributed by atoms with E-state index in [0.717, 1.165) is 56.0 Å². The van der Waals surface area contributed by atoms with Crippen LogP contribution in [0.2, 0.25) is 0 Å². The predicted molar refractivity (Wildman–Crippen MR) is 120 cm³/mol. The van der Waals surface area contributed by atoms with Crippen LogP contribution in [0.15, 0.2) is 22.7 Å². The van der Waals surface area contributed by atoms with E-state index in [1.807, 2.05) is 16.8 Å². The van der Waals surface area contributed by atoms with E-state index in [0.29, 0.717) is 18.3 Å². The van der Waals surface area contributed by atoms with Crippen molar-refractivity contribution >= 4 is 49.5 Å². The second kappa shape index (κ2) is 7.55. The van der Waals surface area contributed by atoms with Crippen LogP contribution in [0.25, 0.3) is 21.9 Å². The Morgan fingerprint density at radius 3 is 2.77 bits per heavy atom. The van der Waals surface area contributed by atoms with Crippen LogP contribution in [0, 0.1) is 0 Å².